The number of aliphatic hydroxyl groups is 1. The van der Waals surface area contributed by atoms with Gasteiger partial charge in [0.05, 0.1) is 18.2 Å². The maximum Gasteiger partial charge on any atom is 0.410 e. The predicted octanol–water partition coefficient (Wildman–Crippen LogP) is 1.39. The Morgan fingerprint density at radius 1 is 1.53 bits per heavy atom. The molecule has 1 fully saturated rings. The van der Waals surface area contributed by atoms with Gasteiger partial charge in [-0.1, -0.05) is 0 Å². The van der Waals surface area contributed by atoms with E-state index in [9.17, 15) is 9.90 Å². The van der Waals surface area contributed by atoms with E-state index in [-0.39, 0.29) is 0 Å². The molecule has 2 unspecified atom stereocenters. The summed E-state index contributed by atoms with van der Waals surface area (Å²) in [6, 6.07) is 0. The quantitative estimate of drug-likeness (QED) is 0.758. The second-order valence-corrected chi connectivity index (χ2v) is 5.75. The van der Waals surface area contributed by atoms with Crippen LogP contribution in [0.25, 0.3) is 0 Å². The third-order valence-electron chi connectivity index (χ3n) is 3.08. The summed E-state index contributed by atoms with van der Waals surface area (Å²) < 4.78 is 10.6. The van der Waals surface area contributed by atoms with Crippen molar-refractivity contribution in [2.75, 3.05) is 20.3 Å². The van der Waals surface area contributed by atoms with E-state index in [0.717, 1.165) is 0 Å². The minimum atomic E-state index is -0.722. The van der Waals surface area contributed by atoms with Crippen molar-refractivity contribution in [1.29, 1.82) is 0 Å². The van der Waals surface area contributed by atoms with E-state index in [1.54, 1.807) is 14.0 Å². The van der Waals surface area contributed by atoms with Crippen molar-refractivity contribution in [3.8, 4) is 0 Å². The highest BCUT2D eigenvalue weighted by atomic mass is 16.6. The van der Waals surface area contributed by atoms with Gasteiger partial charge in [0.2, 0.25) is 0 Å². The molecule has 1 aliphatic heterocycles. The lowest BCUT2D eigenvalue weighted by atomic mass is 9.90. The van der Waals surface area contributed by atoms with Gasteiger partial charge in [-0.05, 0) is 34.1 Å². The molecule has 17 heavy (non-hydrogen) atoms. The number of nitrogens with zero attached hydrogens (tertiary/aromatic N) is 1. The van der Waals surface area contributed by atoms with Crippen molar-refractivity contribution in [1.82, 2.24) is 4.90 Å². The number of carbonyl (C=O) groups is 1. The topological polar surface area (TPSA) is 59.0 Å². The van der Waals surface area contributed by atoms with Crippen LogP contribution in [0.3, 0.4) is 0 Å². The number of hydrogen-bond acceptors (Lipinski definition) is 4. The van der Waals surface area contributed by atoms with Gasteiger partial charge < -0.3 is 19.5 Å². The van der Waals surface area contributed by atoms with E-state index >= 15 is 0 Å². The van der Waals surface area contributed by atoms with Crippen LogP contribution in [0.2, 0.25) is 0 Å². The Morgan fingerprint density at radius 3 is 2.59 bits per heavy atom. The molecule has 0 saturated carbocycles. The summed E-state index contributed by atoms with van der Waals surface area (Å²) in [4.78, 5) is 13.4. The van der Waals surface area contributed by atoms with Gasteiger partial charge in [-0.2, -0.15) is 0 Å². The standard InChI is InChI=1S/C12H23NO4/c1-11(2,3)17-10(15)13(5)12(4)8-16-7-6-9(12)14/h9,14H,6-8H2,1-5H3. The van der Waals surface area contributed by atoms with Crippen molar-refractivity contribution in [3.63, 3.8) is 0 Å². The van der Waals surface area contributed by atoms with Crippen LogP contribution in [0.5, 0.6) is 0 Å². The van der Waals surface area contributed by atoms with Gasteiger partial charge in [-0.15, -0.1) is 0 Å². The summed E-state index contributed by atoms with van der Waals surface area (Å²) in [5, 5.41) is 10.0. The fraction of sp³-hybridized carbons (Fsp3) is 0.917. The van der Waals surface area contributed by atoms with Crippen LogP contribution < -0.4 is 0 Å². The van der Waals surface area contributed by atoms with Crippen LogP contribution in [-0.4, -0.2) is 53.6 Å². The lowest BCUT2D eigenvalue weighted by Crippen LogP contribution is -2.61. The minimum absolute atomic E-state index is 0.323. The first kappa shape index (κ1) is 14.3. The zero-order valence-corrected chi connectivity index (χ0v) is 11.3. The van der Waals surface area contributed by atoms with Gasteiger partial charge in [-0.25, -0.2) is 4.79 Å². The maximum absolute atomic E-state index is 11.9. The molecule has 0 aromatic heterocycles. The summed E-state index contributed by atoms with van der Waals surface area (Å²) in [6.45, 7) is 8.10. The highest BCUT2D eigenvalue weighted by Gasteiger charge is 2.43. The largest absolute Gasteiger partial charge is 0.444 e. The second kappa shape index (κ2) is 4.82. The highest BCUT2D eigenvalue weighted by molar-refractivity contribution is 5.69. The molecule has 0 spiro atoms. The Labute approximate surface area is 103 Å². The molecule has 100 valence electrons. The fourth-order valence-electron chi connectivity index (χ4n) is 1.74. The van der Waals surface area contributed by atoms with Crippen LogP contribution in [0.1, 0.15) is 34.1 Å². The Balaban J connectivity index is 2.73. The van der Waals surface area contributed by atoms with Crippen LogP contribution >= 0.6 is 0 Å². The normalized spacial score (nSPS) is 29.9. The molecular weight excluding hydrogens is 222 g/mol. The number of aliphatic hydroxyl groups excluding tert-OH is 1. The van der Waals surface area contributed by atoms with Crippen LogP contribution in [0.4, 0.5) is 4.79 Å². The summed E-state index contributed by atoms with van der Waals surface area (Å²) >= 11 is 0. The molecule has 1 amide bonds. The Morgan fingerprint density at radius 2 is 2.12 bits per heavy atom. The van der Waals surface area contributed by atoms with E-state index in [2.05, 4.69) is 0 Å². The van der Waals surface area contributed by atoms with Crippen LogP contribution in [-0.2, 0) is 9.47 Å². The van der Waals surface area contributed by atoms with Crippen molar-refractivity contribution in [2.24, 2.45) is 0 Å². The number of rotatable bonds is 1. The molecular formula is C12H23NO4. The first-order chi connectivity index (χ1) is 7.67. The maximum atomic E-state index is 11.9. The fourth-order valence-corrected chi connectivity index (χ4v) is 1.74. The number of likely N-dealkylation sites (N-methyl/N-ethyl adjacent to an activating group) is 1. The van der Waals surface area contributed by atoms with E-state index < -0.39 is 23.3 Å². The van der Waals surface area contributed by atoms with Crippen molar-refractivity contribution in [2.45, 2.75) is 51.4 Å². The van der Waals surface area contributed by atoms with Crippen molar-refractivity contribution < 1.29 is 19.4 Å². The molecule has 1 heterocycles. The van der Waals surface area contributed by atoms with Gasteiger partial charge in [0.1, 0.15) is 5.60 Å². The molecule has 0 bridgehead atoms. The lowest BCUT2D eigenvalue weighted by molar-refractivity contribution is -0.108. The average molecular weight is 245 g/mol. The van der Waals surface area contributed by atoms with E-state index in [1.807, 2.05) is 20.8 Å². The molecule has 5 nitrogen and oxygen atoms in total. The SMILES string of the molecule is CN(C(=O)OC(C)(C)C)C1(C)COCCC1O. The lowest BCUT2D eigenvalue weighted by Gasteiger charge is -2.44. The van der Waals surface area contributed by atoms with Crippen molar-refractivity contribution in [3.05, 3.63) is 0 Å². The molecule has 5 heteroatoms. The van der Waals surface area contributed by atoms with Crippen LogP contribution in [0.15, 0.2) is 0 Å². The second-order valence-electron chi connectivity index (χ2n) is 5.75. The zero-order chi connectivity index (χ0) is 13.3. The average Bonchev–Trinajstić information content (AvgIpc) is 2.19. The molecule has 1 rings (SSSR count). The first-order valence-corrected chi connectivity index (χ1v) is 5.89. The highest BCUT2D eigenvalue weighted by Crippen LogP contribution is 2.26. The van der Waals surface area contributed by atoms with Gasteiger partial charge >= 0.3 is 6.09 Å². The molecule has 0 aromatic rings. The third-order valence-corrected chi connectivity index (χ3v) is 3.08. The van der Waals surface area contributed by atoms with E-state index in [0.29, 0.717) is 19.6 Å². The summed E-state index contributed by atoms with van der Waals surface area (Å²) in [5.74, 6) is 0. The molecule has 0 radical (unpaired) electrons. The summed E-state index contributed by atoms with van der Waals surface area (Å²) in [7, 11) is 1.63. The first-order valence-electron chi connectivity index (χ1n) is 5.89. The number of ether oxygens (including phenoxy) is 2. The van der Waals surface area contributed by atoms with Gasteiger partial charge in [0.25, 0.3) is 0 Å². The van der Waals surface area contributed by atoms with Gasteiger partial charge in [-0.3, -0.25) is 0 Å². The van der Waals surface area contributed by atoms with E-state index in [4.69, 9.17) is 9.47 Å². The zero-order valence-electron chi connectivity index (χ0n) is 11.3. The molecule has 1 N–H and O–H groups in total. The Bertz CT molecular complexity index is 287. The molecule has 1 aliphatic rings. The molecule has 1 saturated heterocycles. The number of amides is 1. The Hall–Kier alpha value is -0.810. The minimum Gasteiger partial charge on any atom is -0.444 e. The molecule has 0 aromatic carbocycles. The van der Waals surface area contributed by atoms with E-state index in [1.165, 1.54) is 4.90 Å². The summed E-state index contributed by atoms with van der Waals surface area (Å²) in [6.07, 6.45) is -0.498. The Kier molecular flexibility index (Phi) is 4.04. The predicted molar refractivity (Wildman–Crippen MR) is 63.8 cm³/mol. The van der Waals surface area contributed by atoms with Gasteiger partial charge in [0, 0.05) is 13.7 Å². The van der Waals surface area contributed by atoms with Crippen molar-refractivity contribution >= 4 is 6.09 Å². The smallest absolute Gasteiger partial charge is 0.410 e. The molecule has 2 atom stereocenters. The third kappa shape index (κ3) is 3.33. The monoisotopic (exact) mass is 245 g/mol. The molecule has 0 aliphatic carbocycles. The van der Waals surface area contributed by atoms with Gasteiger partial charge in [0.15, 0.2) is 0 Å². The number of carbonyl (C=O) groups excluding carboxylic acids is 1. The van der Waals surface area contributed by atoms with Crippen LogP contribution in [0, 0.1) is 0 Å². The number of hydrogen-bond donors (Lipinski definition) is 1. The summed E-state index contributed by atoms with van der Waals surface area (Å²) in [5.41, 5.74) is -1.26.